The van der Waals surface area contributed by atoms with Crippen LogP contribution in [0.5, 0.6) is 0 Å². The van der Waals surface area contributed by atoms with Crippen molar-refractivity contribution in [3.8, 4) is 0 Å². The molecular formula is C12H9F6N3. The van der Waals surface area contributed by atoms with Crippen molar-refractivity contribution in [3.05, 3.63) is 23.8 Å². The number of benzene rings is 1. The Balaban J connectivity index is 2.20. The summed E-state index contributed by atoms with van der Waals surface area (Å²) in [6.45, 7) is 0. The summed E-state index contributed by atoms with van der Waals surface area (Å²) in [6.07, 6.45) is -9.44. The Labute approximate surface area is 114 Å². The number of rotatable bonds is 1. The van der Waals surface area contributed by atoms with E-state index >= 15 is 0 Å². The molecular weight excluding hydrogens is 300 g/mol. The highest BCUT2D eigenvalue weighted by atomic mass is 19.4. The number of alkyl halides is 6. The number of nitrogens with two attached hydrogens (primary N) is 1. The standard InChI is InChI=1S/C12H9F6N3/c13-11(14,15)6-1-2-8-7(5-6)20-9(19)21(8)10(3-4-10)12(16,17)18/h1-2,5H,3-4H2,(H2,19,20). The first-order valence-corrected chi connectivity index (χ1v) is 5.99. The zero-order chi connectivity index (χ0) is 15.6. The van der Waals surface area contributed by atoms with Crippen LogP contribution in [0.25, 0.3) is 11.0 Å². The van der Waals surface area contributed by atoms with Crippen molar-refractivity contribution in [2.45, 2.75) is 30.7 Å². The molecule has 0 unspecified atom stereocenters. The first-order chi connectivity index (χ1) is 9.56. The molecule has 2 aromatic rings. The number of nitrogen functional groups attached to an aromatic ring is 1. The van der Waals surface area contributed by atoms with E-state index in [1.54, 1.807) is 0 Å². The Hall–Kier alpha value is -1.93. The van der Waals surface area contributed by atoms with Crippen molar-refractivity contribution in [1.29, 1.82) is 0 Å². The van der Waals surface area contributed by atoms with E-state index in [-0.39, 0.29) is 23.9 Å². The van der Waals surface area contributed by atoms with Gasteiger partial charge in [-0.1, -0.05) is 0 Å². The topological polar surface area (TPSA) is 43.8 Å². The van der Waals surface area contributed by atoms with E-state index < -0.39 is 29.4 Å². The van der Waals surface area contributed by atoms with Gasteiger partial charge < -0.3 is 5.73 Å². The molecule has 0 spiro atoms. The van der Waals surface area contributed by atoms with Crippen LogP contribution in [0.15, 0.2) is 18.2 Å². The Morgan fingerprint density at radius 1 is 1.10 bits per heavy atom. The third-order valence-corrected chi connectivity index (χ3v) is 3.69. The van der Waals surface area contributed by atoms with Gasteiger partial charge in [-0.3, -0.25) is 4.57 Å². The van der Waals surface area contributed by atoms with E-state index in [2.05, 4.69) is 4.98 Å². The normalized spacial score (nSPS) is 18.2. The highest BCUT2D eigenvalue weighted by Crippen LogP contribution is 2.57. The van der Waals surface area contributed by atoms with E-state index in [1.165, 1.54) is 0 Å². The number of fused-ring (bicyclic) bond motifs is 1. The molecule has 9 heteroatoms. The zero-order valence-electron chi connectivity index (χ0n) is 10.4. The fourth-order valence-electron chi connectivity index (χ4n) is 2.48. The van der Waals surface area contributed by atoms with Gasteiger partial charge in [0.15, 0.2) is 0 Å². The summed E-state index contributed by atoms with van der Waals surface area (Å²) < 4.78 is 78.1. The molecule has 2 N–H and O–H groups in total. The molecule has 0 bridgehead atoms. The molecule has 1 fully saturated rings. The average Bonchev–Trinajstić information content (AvgIpc) is 3.05. The van der Waals surface area contributed by atoms with Crippen LogP contribution in [0.2, 0.25) is 0 Å². The van der Waals surface area contributed by atoms with Gasteiger partial charge in [-0.25, -0.2) is 4.98 Å². The lowest BCUT2D eigenvalue weighted by atomic mass is 10.1. The number of aromatic nitrogens is 2. The lowest BCUT2D eigenvalue weighted by molar-refractivity contribution is -0.178. The SMILES string of the molecule is Nc1nc2cc(C(F)(F)F)ccc2n1C1(C(F)(F)F)CC1. The number of nitrogens with zero attached hydrogens (tertiary/aromatic N) is 2. The van der Waals surface area contributed by atoms with E-state index in [4.69, 9.17) is 5.73 Å². The van der Waals surface area contributed by atoms with Crippen molar-refractivity contribution in [1.82, 2.24) is 9.55 Å². The molecule has 1 saturated carbocycles. The summed E-state index contributed by atoms with van der Waals surface area (Å²) in [5.41, 5.74) is 2.14. The predicted molar refractivity (Wildman–Crippen MR) is 62.4 cm³/mol. The second-order valence-electron chi connectivity index (χ2n) is 5.04. The summed E-state index contributed by atoms with van der Waals surface area (Å²) in [6, 6.07) is 2.41. The van der Waals surface area contributed by atoms with E-state index in [0.717, 1.165) is 16.7 Å². The van der Waals surface area contributed by atoms with Crippen LogP contribution in [0, 0.1) is 0 Å². The molecule has 114 valence electrons. The molecule has 1 aliphatic carbocycles. The lowest BCUT2D eigenvalue weighted by Gasteiger charge is -2.22. The van der Waals surface area contributed by atoms with Gasteiger partial charge in [0.2, 0.25) is 5.95 Å². The lowest BCUT2D eigenvalue weighted by Crippen LogP contribution is -2.35. The Morgan fingerprint density at radius 2 is 1.71 bits per heavy atom. The van der Waals surface area contributed by atoms with Crippen molar-refractivity contribution in [2.75, 3.05) is 5.73 Å². The summed E-state index contributed by atoms with van der Waals surface area (Å²) in [7, 11) is 0. The van der Waals surface area contributed by atoms with Gasteiger partial charge in [0.25, 0.3) is 0 Å². The largest absolute Gasteiger partial charge is 0.416 e. The smallest absolute Gasteiger partial charge is 0.369 e. The van der Waals surface area contributed by atoms with Crippen molar-refractivity contribution >= 4 is 17.0 Å². The van der Waals surface area contributed by atoms with Crippen LogP contribution in [0.4, 0.5) is 32.3 Å². The first-order valence-electron chi connectivity index (χ1n) is 5.99. The Morgan fingerprint density at radius 3 is 2.19 bits per heavy atom. The monoisotopic (exact) mass is 309 g/mol. The number of imidazole rings is 1. The molecule has 0 amide bonds. The predicted octanol–water partition coefficient (Wildman–Crippen LogP) is 3.69. The molecule has 3 rings (SSSR count). The number of hydrogen-bond acceptors (Lipinski definition) is 2. The van der Waals surface area contributed by atoms with Gasteiger partial charge in [-0.15, -0.1) is 0 Å². The van der Waals surface area contributed by atoms with Crippen LogP contribution in [0.1, 0.15) is 18.4 Å². The van der Waals surface area contributed by atoms with Gasteiger partial charge in [0.05, 0.1) is 16.6 Å². The van der Waals surface area contributed by atoms with Crippen LogP contribution < -0.4 is 5.73 Å². The van der Waals surface area contributed by atoms with E-state index in [1.807, 2.05) is 0 Å². The summed E-state index contributed by atoms with van der Waals surface area (Å²) in [4.78, 5) is 3.65. The molecule has 0 atom stereocenters. The molecule has 1 aromatic heterocycles. The van der Waals surface area contributed by atoms with Crippen LogP contribution in [-0.2, 0) is 11.7 Å². The van der Waals surface area contributed by atoms with Gasteiger partial charge in [0.1, 0.15) is 5.54 Å². The third-order valence-electron chi connectivity index (χ3n) is 3.69. The average molecular weight is 309 g/mol. The second-order valence-corrected chi connectivity index (χ2v) is 5.04. The maximum atomic E-state index is 13.2. The first kappa shape index (κ1) is 14.0. The zero-order valence-corrected chi connectivity index (χ0v) is 10.4. The van der Waals surface area contributed by atoms with Crippen molar-refractivity contribution in [2.24, 2.45) is 0 Å². The fourth-order valence-corrected chi connectivity index (χ4v) is 2.48. The summed E-state index contributed by atoms with van der Waals surface area (Å²) in [5.74, 6) is -0.431. The molecule has 21 heavy (non-hydrogen) atoms. The van der Waals surface area contributed by atoms with Gasteiger partial charge in [-0.2, -0.15) is 26.3 Å². The molecule has 0 radical (unpaired) electrons. The molecule has 1 aromatic carbocycles. The molecule has 1 heterocycles. The van der Waals surface area contributed by atoms with Crippen LogP contribution >= 0.6 is 0 Å². The summed E-state index contributed by atoms with van der Waals surface area (Å²) in [5, 5.41) is 0. The molecule has 0 saturated heterocycles. The number of halogens is 6. The highest BCUT2D eigenvalue weighted by Gasteiger charge is 2.66. The van der Waals surface area contributed by atoms with Crippen LogP contribution in [-0.4, -0.2) is 15.7 Å². The Bertz CT molecular complexity index is 708. The van der Waals surface area contributed by atoms with E-state index in [9.17, 15) is 26.3 Å². The quantitative estimate of drug-likeness (QED) is 0.817. The summed E-state index contributed by atoms with van der Waals surface area (Å²) >= 11 is 0. The number of hydrogen-bond donors (Lipinski definition) is 1. The minimum atomic E-state index is -4.59. The van der Waals surface area contributed by atoms with Crippen molar-refractivity contribution in [3.63, 3.8) is 0 Å². The van der Waals surface area contributed by atoms with Gasteiger partial charge in [-0.05, 0) is 31.0 Å². The van der Waals surface area contributed by atoms with E-state index in [0.29, 0.717) is 6.07 Å². The molecule has 3 nitrogen and oxygen atoms in total. The fraction of sp³-hybridized carbons (Fsp3) is 0.417. The number of anilines is 1. The molecule has 0 aliphatic heterocycles. The minimum Gasteiger partial charge on any atom is -0.369 e. The molecule has 1 aliphatic rings. The Kier molecular flexibility index (Phi) is 2.56. The van der Waals surface area contributed by atoms with Crippen LogP contribution in [0.3, 0.4) is 0 Å². The minimum absolute atomic E-state index is 0.0460. The van der Waals surface area contributed by atoms with Crippen molar-refractivity contribution < 1.29 is 26.3 Å². The van der Waals surface area contributed by atoms with Gasteiger partial charge >= 0.3 is 12.4 Å². The highest BCUT2D eigenvalue weighted by molar-refractivity contribution is 5.80. The third kappa shape index (κ3) is 1.94. The second kappa shape index (κ2) is 3.83. The van der Waals surface area contributed by atoms with Gasteiger partial charge in [0, 0.05) is 0 Å². The maximum Gasteiger partial charge on any atom is 0.416 e. The maximum absolute atomic E-state index is 13.2.